The Morgan fingerprint density at radius 3 is 2.30 bits per heavy atom. The molecule has 0 bridgehead atoms. The smallest absolute Gasteiger partial charge is 0.191 e. The zero-order valence-corrected chi connectivity index (χ0v) is 23.3. The Hall–Kier alpha value is -4.35. The third-order valence-corrected chi connectivity index (χ3v) is 8.32. The van der Waals surface area contributed by atoms with Gasteiger partial charge in [0.1, 0.15) is 0 Å². The molecule has 1 atom stereocenters. The van der Waals surface area contributed by atoms with Gasteiger partial charge in [-0.2, -0.15) is 0 Å². The van der Waals surface area contributed by atoms with Crippen molar-refractivity contribution in [2.75, 3.05) is 5.32 Å². The fourth-order valence-corrected chi connectivity index (χ4v) is 6.13. The van der Waals surface area contributed by atoms with Crippen molar-refractivity contribution in [2.45, 2.75) is 39.7 Å². The Labute approximate surface area is 238 Å². The summed E-state index contributed by atoms with van der Waals surface area (Å²) in [7, 11) is 0. The van der Waals surface area contributed by atoms with Gasteiger partial charge in [0.15, 0.2) is 5.78 Å². The molecule has 1 N–H and O–H groups in total. The van der Waals surface area contributed by atoms with Crippen LogP contribution in [0.5, 0.6) is 0 Å². The highest BCUT2D eigenvalue weighted by Gasteiger charge is 2.28. The molecule has 3 aliphatic carbocycles. The summed E-state index contributed by atoms with van der Waals surface area (Å²) in [4.78, 5) is 12.9. The fraction of sp³-hybridized carbons (Fsp3) is 0.184. The summed E-state index contributed by atoms with van der Waals surface area (Å²) in [5.74, 6) is 3.45. The average molecular weight is 520 g/mol. The molecule has 2 heteroatoms. The number of Topliss-reactive ketones (excluding diaryl/α,β-unsaturated/α-hetero) is 1. The monoisotopic (exact) mass is 519 g/mol. The average Bonchev–Trinajstić information content (AvgIpc) is 3.89. The van der Waals surface area contributed by atoms with E-state index in [1.54, 1.807) is 0 Å². The van der Waals surface area contributed by atoms with Crippen LogP contribution >= 0.6 is 0 Å². The molecule has 6 rings (SSSR count). The second kappa shape index (κ2) is 10.3. The summed E-state index contributed by atoms with van der Waals surface area (Å²) < 4.78 is 0. The first-order valence-electron chi connectivity index (χ1n) is 13.9. The molecule has 0 heterocycles. The molecular formula is C38H33NO. The largest absolute Gasteiger partial charge is 0.378 e. The maximum absolute atomic E-state index is 12.9. The van der Waals surface area contributed by atoms with E-state index in [0.29, 0.717) is 11.5 Å². The van der Waals surface area contributed by atoms with E-state index in [1.807, 2.05) is 36.8 Å². The van der Waals surface area contributed by atoms with Gasteiger partial charge < -0.3 is 5.32 Å². The van der Waals surface area contributed by atoms with E-state index in [9.17, 15) is 4.79 Å². The van der Waals surface area contributed by atoms with Gasteiger partial charge in [0.05, 0.1) is 0 Å². The lowest BCUT2D eigenvalue weighted by atomic mass is 9.83. The Morgan fingerprint density at radius 1 is 1.02 bits per heavy atom. The number of aryl methyl sites for hydroxylation is 1. The van der Waals surface area contributed by atoms with Gasteiger partial charge in [-0.25, -0.2) is 0 Å². The van der Waals surface area contributed by atoms with Crippen LogP contribution in [-0.4, -0.2) is 5.78 Å². The zero-order valence-electron chi connectivity index (χ0n) is 23.3. The van der Waals surface area contributed by atoms with Crippen LogP contribution < -0.4 is 5.32 Å². The molecular weight excluding hydrogens is 486 g/mol. The van der Waals surface area contributed by atoms with Crippen LogP contribution in [0.4, 0.5) is 5.69 Å². The number of ketones is 1. The maximum atomic E-state index is 12.9. The molecule has 3 aromatic rings. The summed E-state index contributed by atoms with van der Waals surface area (Å²) >= 11 is 0. The lowest BCUT2D eigenvalue weighted by Gasteiger charge is -2.24. The van der Waals surface area contributed by atoms with E-state index >= 15 is 0 Å². The van der Waals surface area contributed by atoms with Gasteiger partial charge in [0.2, 0.25) is 0 Å². The van der Waals surface area contributed by atoms with E-state index in [-0.39, 0.29) is 11.8 Å². The minimum Gasteiger partial charge on any atom is -0.378 e. The lowest BCUT2D eigenvalue weighted by molar-refractivity contribution is 0.104. The second-order valence-electron chi connectivity index (χ2n) is 11.1. The minimum atomic E-state index is -0.0589. The van der Waals surface area contributed by atoms with E-state index < -0.39 is 0 Å². The predicted octanol–water partition coefficient (Wildman–Crippen LogP) is 8.37. The van der Waals surface area contributed by atoms with Crippen LogP contribution in [0.3, 0.4) is 0 Å². The van der Waals surface area contributed by atoms with Crippen LogP contribution in [-0.2, 0) is 12.8 Å². The number of allylic oxidation sites excluding steroid dienone is 8. The minimum absolute atomic E-state index is 0.0542. The molecule has 2 radical (unpaired) electrons. The topological polar surface area (TPSA) is 29.1 Å². The van der Waals surface area contributed by atoms with Crippen molar-refractivity contribution in [1.29, 1.82) is 0 Å². The SMILES string of the molecule is C#C/C(=C(/C)C(=C1C=C1)c1cc(C)cc([C@@H](C)Nc2ccccc2C(=O)C2=C[CH]2)c1[CH2])C1Cc2ccccc2C1. The number of fused-ring (bicyclic) bond motifs is 1. The summed E-state index contributed by atoms with van der Waals surface area (Å²) in [6.07, 6.45) is 16.2. The van der Waals surface area contributed by atoms with Crippen molar-refractivity contribution in [3.8, 4) is 12.3 Å². The summed E-state index contributed by atoms with van der Waals surface area (Å²) in [5, 5.41) is 3.61. The first kappa shape index (κ1) is 25.9. The Morgan fingerprint density at radius 2 is 1.68 bits per heavy atom. The van der Waals surface area contributed by atoms with Crippen molar-refractivity contribution in [2.24, 2.45) is 5.92 Å². The molecule has 0 aromatic heterocycles. The third kappa shape index (κ3) is 4.89. The predicted molar refractivity (Wildman–Crippen MR) is 166 cm³/mol. The van der Waals surface area contributed by atoms with E-state index in [4.69, 9.17) is 6.42 Å². The molecule has 3 aliphatic rings. The number of carbonyl (C=O) groups excluding carboxylic acids is 1. The highest BCUT2D eigenvalue weighted by atomic mass is 16.1. The lowest BCUT2D eigenvalue weighted by Crippen LogP contribution is -2.13. The van der Waals surface area contributed by atoms with Gasteiger partial charge in [0, 0.05) is 40.8 Å². The van der Waals surface area contributed by atoms with Crippen LogP contribution in [0.1, 0.15) is 63.6 Å². The highest BCUT2D eigenvalue weighted by molar-refractivity contribution is 6.16. The maximum Gasteiger partial charge on any atom is 0.191 e. The number of terminal acetylenes is 1. The summed E-state index contributed by atoms with van der Waals surface area (Å²) in [6, 6.07) is 20.8. The molecule has 0 amide bonds. The van der Waals surface area contributed by atoms with Gasteiger partial charge in [-0.15, -0.1) is 6.42 Å². The number of carbonyl (C=O) groups is 1. The number of rotatable bonds is 8. The molecule has 0 saturated carbocycles. The quantitative estimate of drug-likeness (QED) is 0.239. The number of benzene rings is 3. The standard InChI is InChI=1S/C38H33NO/c1-6-32(31-21-29-11-7-8-12-30(29)22-31)25(4)37(27-15-16-27)35-20-23(2)19-34(24(35)3)26(5)39-36-14-10-9-13-33(36)38(40)28-17-18-28/h1,7-20,26,31,39H,3,21-22H2,2,4-5H3/b32-25+/t26-/m1/s1. The highest BCUT2D eigenvalue weighted by Crippen LogP contribution is 2.42. The number of nitrogens with one attached hydrogen (secondary N) is 1. The summed E-state index contributed by atoms with van der Waals surface area (Å²) in [6.45, 7) is 11.0. The number of hydrogen-bond donors (Lipinski definition) is 1. The van der Waals surface area contributed by atoms with Crippen molar-refractivity contribution in [1.82, 2.24) is 0 Å². The van der Waals surface area contributed by atoms with Gasteiger partial charge in [-0.1, -0.05) is 78.2 Å². The van der Waals surface area contributed by atoms with Crippen LogP contribution in [0.15, 0.2) is 101 Å². The van der Waals surface area contributed by atoms with Gasteiger partial charge in [-0.05, 0) is 97.2 Å². The molecule has 0 unspecified atom stereocenters. The molecule has 0 fully saturated rings. The van der Waals surface area contributed by atoms with Crippen molar-refractivity contribution >= 4 is 17.0 Å². The van der Waals surface area contributed by atoms with Gasteiger partial charge in [0.25, 0.3) is 0 Å². The Bertz CT molecular complexity index is 1690. The van der Waals surface area contributed by atoms with Crippen LogP contribution in [0.2, 0.25) is 0 Å². The molecule has 196 valence electrons. The van der Waals surface area contributed by atoms with E-state index in [2.05, 4.69) is 87.5 Å². The number of para-hydroxylation sites is 1. The van der Waals surface area contributed by atoms with Crippen molar-refractivity contribution in [3.05, 3.63) is 153 Å². The third-order valence-electron chi connectivity index (χ3n) is 8.32. The van der Waals surface area contributed by atoms with E-state index in [1.165, 1.54) is 22.3 Å². The Balaban J connectivity index is 1.36. The molecule has 40 heavy (non-hydrogen) atoms. The second-order valence-corrected chi connectivity index (χ2v) is 11.1. The first-order chi connectivity index (χ1) is 19.4. The van der Waals surface area contributed by atoms with Crippen LogP contribution in [0, 0.1) is 38.5 Å². The molecule has 3 aromatic carbocycles. The Kier molecular flexibility index (Phi) is 6.68. The number of hydrogen-bond acceptors (Lipinski definition) is 2. The number of anilines is 1. The van der Waals surface area contributed by atoms with E-state index in [0.717, 1.165) is 57.5 Å². The normalized spacial score (nSPS) is 16.5. The molecule has 0 saturated heterocycles. The molecule has 2 nitrogen and oxygen atoms in total. The van der Waals surface area contributed by atoms with Crippen LogP contribution in [0.25, 0.3) is 5.57 Å². The van der Waals surface area contributed by atoms with Crippen molar-refractivity contribution < 1.29 is 4.79 Å². The fourth-order valence-electron chi connectivity index (χ4n) is 6.13. The first-order valence-corrected chi connectivity index (χ1v) is 13.9. The summed E-state index contributed by atoms with van der Waals surface area (Å²) in [5.41, 5.74) is 14.1. The van der Waals surface area contributed by atoms with Gasteiger partial charge in [-0.3, -0.25) is 4.79 Å². The van der Waals surface area contributed by atoms with Crippen molar-refractivity contribution in [3.63, 3.8) is 0 Å². The molecule has 0 aliphatic heterocycles. The molecule has 0 spiro atoms. The zero-order chi connectivity index (χ0) is 28.0. The van der Waals surface area contributed by atoms with Gasteiger partial charge >= 0.3 is 0 Å².